The average Bonchev–Trinajstić information content (AvgIpc) is 2.81. The smallest absolute Gasteiger partial charge is 0.126 e. The number of ether oxygens (including phenoxy) is 1. The molecule has 1 aliphatic rings. The summed E-state index contributed by atoms with van der Waals surface area (Å²) in [6.07, 6.45) is 4.95. The summed E-state index contributed by atoms with van der Waals surface area (Å²) >= 11 is 0. The van der Waals surface area contributed by atoms with E-state index < -0.39 is 0 Å². The maximum Gasteiger partial charge on any atom is 0.126 e. The van der Waals surface area contributed by atoms with Crippen molar-refractivity contribution in [3.05, 3.63) is 29.6 Å². The molecule has 0 bridgehead atoms. The minimum atomic E-state index is -0.173. The van der Waals surface area contributed by atoms with Crippen molar-refractivity contribution in [2.24, 2.45) is 5.92 Å². The molecule has 1 N–H and O–H groups in total. The van der Waals surface area contributed by atoms with Gasteiger partial charge in [-0.2, -0.15) is 0 Å². The molecule has 100 valence electrons. The van der Waals surface area contributed by atoms with Crippen LogP contribution in [0.25, 0.3) is 0 Å². The van der Waals surface area contributed by atoms with E-state index in [9.17, 15) is 4.39 Å². The fraction of sp³-hybridized carbons (Fsp3) is 0.600. The molecule has 0 amide bonds. The van der Waals surface area contributed by atoms with Crippen LogP contribution in [0, 0.1) is 18.7 Å². The molecule has 0 aliphatic heterocycles. The van der Waals surface area contributed by atoms with Gasteiger partial charge in [0.25, 0.3) is 0 Å². The Kier molecular flexibility index (Phi) is 4.59. The van der Waals surface area contributed by atoms with Crippen molar-refractivity contribution in [3.63, 3.8) is 0 Å². The van der Waals surface area contributed by atoms with Crippen LogP contribution in [0.5, 0.6) is 5.75 Å². The Morgan fingerprint density at radius 3 is 2.94 bits per heavy atom. The molecule has 0 heterocycles. The summed E-state index contributed by atoms with van der Waals surface area (Å²) in [4.78, 5) is 0. The molecule has 1 saturated carbocycles. The van der Waals surface area contributed by atoms with Crippen LogP contribution in [0.4, 0.5) is 4.39 Å². The van der Waals surface area contributed by atoms with Crippen molar-refractivity contribution in [1.82, 2.24) is 5.32 Å². The van der Waals surface area contributed by atoms with Crippen LogP contribution in [-0.2, 0) is 0 Å². The van der Waals surface area contributed by atoms with Crippen LogP contribution < -0.4 is 10.1 Å². The van der Waals surface area contributed by atoms with Crippen LogP contribution in [0.15, 0.2) is 18.2 Å². The normalized spacial score (nSPS) is 23.3. The number of rotatable bonds is 5. The monoisotopic (exact) mass is 251 g/mol. The molecule has 2 atom stereocenters. The molecule has 0 aromatic heterocycles. The van der Waals surface area contributed by atoms with Gasteiger partial charge in [0.1, 0.15) is 11.6 Å². The zero-order valence-corrected chi connectivity index (χ0v) is 11.2. The third-order valence-electron chi connectivity index (χ3n) is 3.92. The van der Waals surface area contributed by atoms with Gasteiger partial charge in [0.05, 0.1) is 6.61 Å². The van der Waals surface area contributed by atoms with Crippen molar-refractivity contribution >= 4 is 0 Å². The minimum absolute atomic E-state index is 0.173. The second-order valence-corrected chi connectivity index (χ2v) is 5.13. The molecular formula is C15H22FNO. The second kappa shape index (κ2) is 6.19. The lowest BCUT2D eigenvalue weighted by atomic mass is 10.0. The van der Waals surface area contributed by atoms with Gasteiger partial charge in [-0.1, -0.05) is 6.42 Å². The minimum Gasteiger partial charge on any atom is -0.494 e. The van der Waals surface area contributed by atoms with Crippen molar-refractivity contribution in [1.29, 1.82) is 0 Å². The maximum atomic E-state index is 13.1. The van der Waals surface area contributed by atoms with Crippen LogP contribution >= 0.6 is 0 Å². The maximum absolute atomic E-state index is 13.1. The number of hydrogen-bond acceptors (Lipinski definition) is 2. The molecular weight excluding hydrogens is 229 g/mol. The first-order valence-corrected chi connectivity index (χ1v) is 6.77. The predicted octanol–water partition coefficient (Wildman–Crippen LogP) is 3.29. The highest BCUT2D eigenvalue weighted by atomic mass is 19.1. The molecule has 18 heavy (non-hydrogen) atoms. The van der Waals surface area contributed by atoms with Gasteiger partial charge in [-0.05, 0) is 62.9 Å². The Balaban J connectivity index is 1.79. The molecule has 0 saturated heterocycles. The number of nitrogens with one attached hydrogen (secondary N) is 1. The van der Waals surface area contributed by atoms with E-state index in [1.165, 1.54) is 25.3 Å². The van der Waals surface area contributed by atoms with Crippen LogP contribution in [0.2, 0.25) is 0 Å². The van der Waals surface area contributed by atoms with E-state index in [1.54, 1.807) is 19.1 Å². The summed E-state index contributed by atoms with van der Waals surface area (Å²) in [5.74, 6) is 1.32. The van der Waals surface area contributed by atoms with E-state index in [-0.39, 0.29) is 5.82 Å². The lowest BCUT2D eigenvalue weighted by Gasteiger charge is -2.19. The number of halogens is 1. The Bertz CT molecular complexity index is 394. The van der Waals surface area contributed by atoms with E-state index >= 15 is 0 Å². The van der Waals surface area contributed by atoms with Gasteiger partial charge in [-0.15, -0.1) is 0 Å². The standard InChI is InChI=1S/C15H22FNO/c1-11-10-13(6-7-14(11)16)18-9-8-12-4-3-5-15(12)17-2/h6-7,10,12,15,17H,3-5,8-9H2,1-2H3. The zero-order valence-electron chi connectivity index (χ0n) is 11.2. The Morgan fingerprint density at radius 1 is 1.39 bits per heavy atom. The largest absolute Gasteiger partial charge is 0.494 e. The molecule has 0 radical (unpaired) electrons. The first-order valence-electron chi connectivity index (χ1n) is 6.77. The van der Waals surface area contributed by atoms with Gasteiger partial charge in [-0.3, -0.25) is 0 Å². The summed E-state index contributed by atoms with van der Waals surface area (Å²) in [6, 6.07) is 5.58. The van der Waals surface area contributed by atoms with Crippen LogP contribution in [-0.4, -0.2) is 19.7 Å². The Hall–Kier alpha value is -1.09. The van der Waals surface area contributed by atoms with E-state index in [0.29, 0.717) is 18.2 Å². The number of aryl methyl sites for hydroxylation is 1. The highest BCUT2D eigenvalue weighted by Crippen LogP contribution is 2.28. The lowest BCUT2D eigenvalue weighted by molar-refractivity contribution is 0.263. The SMILES string of the molecule is CNC1CCCC1CCOc1ccc(F)c(C)c1. The lowest BCUT2D eigenvalue weighted by Crippen LogP contribution is -2.29. The molecule has 2 nitrogen and oxygen atoms in total. The van der Waals surface area contributed by atoms with Gasteiger partial charge in [-0.25, -0.2) is 4.39 Å². The number of benzene rings is 1. The summed E-state index contributed by atoms with van der Waals surface area (Å²) in [7, 11) is 2.03. The topological polar surface area (TPSA) is 21.3 Å². The summed E-state index contributed by atoms with van der Waals surface area (Å²) in [5, 5.41) is 3.37. The van der Waals surface area contributed by atoms with Crippen molar-refractivity contribution < 1.29 is 9.13 Å². The Labute approximate surface area is 109 Å². The molecule has 1 aromatic carbocycles. The van der Waals surface area contributed by atoms with E-state index in [4.69, 9.17) is 4.74 Å². The summed E-state index contributed by atoms with van der Waals surface area (Å²) < 4.78 is 18.8. The van der Waals surface area contributed by atoms with Crippen molar-refractivity contribution in [3.8, 4) is 5.75 Å². The van der Waals surface area contributed by atoms with Crippen molar-refractivity contribution in [2.75, 3.05) is 13.7 Å². The summed E-state index contributed by atoms with van der Waals surface area (Å²) in [6.45, 7) is 2.48. The third-order valence-corrected chi connectivity index (χ3v) is 3.92. The molecule has 0 spiro atoms. The van der Waals surface area contributed by atoms with E-state index in [2.05, 4.69) is 5.32 Å². The highest BCUT2D eigenvalue weighted by molar-refractivity contribution is 5.28. The first-order chi connectivity index (χ1) is 8.70. The quantitative estimate of drug-likeness (QED) is 0.867. The number of hydrogen-bond donors (Lipinski definition) is 1. The fourth-order valence-electron chi connectivity index (χ4n) is 2.80. The van der Waals surface area contributed by atoms with Gasteiger partial charge in [0.15, 0.2) is 0 Å². The predicted molar refractivity (Wildman–Crippen MR) is 71.4 cm³/mol. The van der Waals surface area contributed by atoms with E-state index in [0.717, 1.165) is 18.1 Å². The van der Waals surface area contributed by atoms with E-state index in [1.807, 2.05) is 7.05 Å². The average molecular weight is 251 g/mol. The molecule has 2 unspecified atom stereocenters. The second-order valence-electron chi connectivity index (χ2n) is 5.13. The van der Waals surface area contributed by atoms with Gasteiger partial charge < -0.3 is 10.1 Å². The molecule has 1 aromatic rings. The molecule has 3 heteroatoms. The summed E-state index contributed by atoms with van der Waals surface area (Å²) in [5.41, 5.74) is 0.640. The first kappa shape index (κ1) is 13.3. The molecule has 1 aliphatic carbocycles. The van der Waals surface area contributed by atoms with Gasteiger partial charge >= 0.3 is 0 Å². The molecule has 2 rings (SSSR count). The Morgan fingerprint density at radius 2 is 2.22 bits per heavy atom. The van der Waals surface area contributed by atoms with Gasteiger partial charge in [0, 0.05) is 6.04 Å². The van der Waals surface area contributed by atoms with Gasteiger partial charge in [0.2, 0.25) is 0 Å². The van der Waals surface area contributed by atoms with Crippen LogP contribution in [0.1, 0.15) is 31.2 Å². The van der Waals surface area contributed by atoms with Crippen LogP contribution in [0.3, 0.4) is 0 Å². The third kappa shape index (κ3) is 3.22. The zero-order chi connectivity index (χ0) is 13.0. The van der Waals surface area contributed by atoms with Crippen molar-refractivity contribution in [2.45, 2.75) is 38.6 Å². The fourth-order valence-corrected chi connectivity index (χ4v) is 2.80. The molecule has 1 fully saturated rings. The highest BCUT2D eigenvalue weighted by Gasteiger charge is 2.25.